The number of anilines is 1. The van der Waals surface area contributed by atoms with Gasteiger partial charge in [0.2, 0.25) is 5.78 Å². The van der Waals surface area contributed by atoms with Crippen LogP contribution in [0.4, 0.5) is 19.0 Å². The van der Waals surface area contributed by atoms with Crippen molar-refractivity contribution in [3.8, 4) is 5.75 Å². The molecule has 1 aromatic heterocycles. The number of ketones is 1. The van der Waals surface area contributed by atoms with E-state index >= 15 is 0 Å². The summed E-state index contributed by atoms with van der Waals surface area (Å²) >= 11 is 0. The summed E-state index contributed by atoms with van der Waals surface area (Å²) in [5.74, 6) is 0.567. The second-order valence-corrected chi connectivity index (χ2v) is 5.91. The number of benzene rings is 2. The highest BCUT2D eigenvalue weighted by atomic mass is 19.4. The molecule has 28 heavy (non-hydrogen) atoms. The minimum atomic E-state index is -4.52. The Balaban J connectivity index is 1.67. The number of methoxy groups -OCH3 is 1. The van der Waals surface area contributed by atoms with Crippen LogP contribution in [0.15, 0.2) is 60.7 Å². The number of carbonyl (C=O) groups excluding carboxylic acids is 1. The van der Waals surface area contributed by atoms with Crippen LogP contribution in [0.1, 0.15) is 27.2 Å². The van der Waals surface area contributed by atoms with E-state index in [0.717, 1.165) is 23.4 Å². The summed E-state index contributed by atoms with van der Waals surface area (Å²) in [5.41, 5.74) is -0.0202. The number of rotatable bonds is 6. The number of ether oxygens (including phenoxy) is 1. The molecule has 0 saturated heterocycles. The summed E-state index contributed by atoms with van der Waals surface area (Å²) in [7, 11) is 1.59. The number of carbonyl (C=O) groups is 1. The van der Waals surface area contributed by atoms with Crippen LogP contribution in [-0.4, -0.2) is 23.1 Å². The van der Waals surface area contributed by atoms with Gasteiger partial charge in [-0.05, 0) is 42.0 Å². The maximum Gasteiger partial charge on any atom is 0.416 e. The lowest BCUT2D eigenvalue weighted by Gasteiger charge is -2.08. The van der Waals surface area contributed by atoms with E-state index in [2.05, 4.69) is 15.5 Å². The maximum absolute atomic E-state index is 12.8. The second-order valence-electron chi connectivity index (χ2n) is 5.91. The van der Waals surface area contributed by atoms with E-state index < -0.39 is 17.5 Å². The third-order valence-electron chi connectivity index (χ3n) is 3.98. The molecule has 1 N–H and O–H groups in total. The molecule has 0 bridgehead atoms. The van der Waals surface area contributed by atoms with E-state index in [9.17, 15) is 18.0 Å². The van der Waals surface area contributed by atoms with Crippen LogP contribution in [0.5, 0.6) is 5.75 Å². The molecule has 0 unspecified atom stereocenters. The Kier molecular flexibility index (Phi) is 5.58. The molecule has 1 heterocycles. The summed E-state index contributed by atoms with van der Waals surface area (Å²) in [5, 5.41) is 10.8. The minimum Gasteiger partial charge on any atom is -0.497 e. The highest BCUT2D eigenvalue weighted by Crippen LogP contribution is 2.29. The highest BCUT2D eigenvalue weighted by Gasteiger charge is 2.31. The third kappa shape index (κ3) is 4.64. The van der Waals surface area contributed by atoms with Crippen LogP contribution in [0.2, 0.25) is 0 Å². The van der Waals surface area contributed by atoms with E-state index in [0.29, 0.717) is 12.4 Å². The van der Waals surface area contributed by atoms with Gasteiger partial charge in [-0.2, -0.15) is 13.2 Å². The van der Waals surface area contributed by atoms with Gasteiger partial charge in [0.05, 0.1) is 12.7 Å². The third-order valence-corrected chi connectivity index (χ3v) is 3.98. The molecule has 0 aliphatic heterocycles. The van der Waals surface area contributed by atoms with Crippen molar-refractivity contribution in [3.05, 3.63) is 83.0 Å². The molecule has 0 atom stereocenters. The van der Waals surface area contributed by atoms with Gasteiger partial charge in [-0.1, -0.05) is 24.3 Å². The lowest BCUT2D eigenvalue weighted by molar-refractivity contribution is -0.137. The standard InChI is InChI=1S/C20H16F3N3O2/c1-28-16-7-5-13(6-8-16)12-24-18-10-9-17(25-26-18)19(27)14-3-2-4-15(11-14)20(21,22)23/h2-11H,12H2,1H3,(H,24,26). The lowest BCUT2D eigenvalue weighted by atomic mass is 10.0. The van der Waals surface area contributed by atoms with Crippen molar-refractivity contribution in [2.45, 2.75) is 12.7 Å². The summed E-state index contributed by atoms with van der Waals surface area (Å²) < 4.78 is 43.5. The van der Waals surface area contributed by atoms with Crippen molar-refractivity contribution in [2.24, 2.45) is 0 Å². The van der Waals surface area contributed by atoms with E-state index in [1.165, 1.54) is 18.2 Å². The van der Waals surface area contributed by atoms with Crippen molar-refractivity contribution in [1.82, 2.24) is 10.2 Å². The van der Waals surface area contributed by atoms with Crippen LogP contribution < -0.4 is 10.1 Å². The first-order chi connectivity index (χ1) is 13.4. The maximum atomic E-state index is 12.8. The Morgan fingerprint density at radius 1 is 1.04 bits per heavy atom. The fourth-order valence-corrected chi connectivity index (χ4v) is 2.47. The van der Waals surface area contributed by atoms with E-state index in [1.54, 1.807) is 13.2 Å². The van der Waals surface area contributed by atoms with Gasteiger partial charge in [-0.25, -0.2) is 0 Å². The van der Waals surface area contributed by atoms with Crippen molar-refractivity contribution >= 4 is 11.6 Å². The van der Waals surface area contributed by atoms with Gasteiger partial charge in [0.1, 0.15) is 17.3 Å². The number of hydrogen-bond acceptors (Lipinski definition) is 5. The van der Waals surface area contributed by atoms with Crippen molar-refractivity contribution in [3.63, 3.8) is 0 Å². The van der Waals surface area contributed by atoms with Crippen LogP contribution in [-0.2, 0) is 12.7 Å². The number of aromatic nitrogens is 2. The van der Waals surface area contributed by atoms with E-state index in [4.69, 9.17) is 4.74 Å². The normalized spacial score (nSPS) is 11.1. The Bertz CT molecular complexity index is 956. The molecule has 0 fully saturated rings. The zero-order chi connectivity index (χ0) is 20.1. The van der Waals surface area contributed by atoms with Crippen LogP contribution in [0, 0.1) is 0 Å². The zero-order valence-corrected chi connectivity index (χ0v) is 14.8. The molecule has 3 aromatic rings. The molecular weight excluding hydrogens is 371 g/mol. The Labute approximate surface area is 159 Å². The first kappa shape index (κ1) is 19.3. The first-order valence-corrected chi connectivity index (χ1v) is 8.29. The highest BCUT2D eigenvalue weighted by molar-refractivity contribution is 6.07. The Morgan fingerprint density at radius 3 is 2.39 bits per heavy atom. The van der Waals surface area contributed by atoms with Gasteiger partial charge in [-0.3, -0.25) is 4.79 Å². The molecule has 0 saturated carbocycles. The molecule has 0 radical (unpaired) electrons. The minimum absolute atomic E-state index is 0.0330. The molecule has 3 rings (SSSR count). The second kappa shape index (κ2) is 8.08. The predicted molar refractivity (Wildman–Crippen MR) is 97.2 cm³/mol. The van der Waals surface area contributed by atoms with Gasteiger partial charge in [0.15, 0.2) is 0 Å². The topological polar surface area (TPSA) is 64.1 Å². The largest absolute Gasteiger partial charge is 0.497 e. The van der Waals surface area contributed by atoms with Gasteiger partial charge in [0, 0.05) is 12.1 Å². The molecule has 2 aromatic carbocycles. The number of nitrogens with one attached hydrogen (secondary N) is 1. The Morgan fingerprint density at radius 2 is 1.79 bits per heavy atom. The van der Waals surface area contributed by atoms with Gasteiger partial charge in [-0.15, -0.1) is 10.2 Å². The zero-order valence-electron chi connectivity index (χ0n) is 14.8. The molecule has 0 amide bonds. The van der Waals surface area contributed by atoms with Crippen LogP contribution in [0.25, 0.3) is 0 Å². The molecule has 0 spiro atoms. The quantitative estimate of drug-likeness (QED) is 0.637. The van der Waals surface area contributed by atoms with Gasteiger partial charge in [0.25, 0.3) is 0 Å². The molecule has 144 valence electrons. The van der Waals surface area contributed by atoms with Gasteiger partial charge < -0.3 is 10.1 Å². The van der Waals surface area contributed by atoms with Crippen molar-refractivity contribution in [1.29, 1.82) is 0 Å². The van der Waals surface area contributed by atoms with E-state index in [-0.39, 0.29) is 11.3 Å². The average molecular weight is 387 g/mol. The Hall–Kier alpha value is -3.42. The van der Waals surface area contributed by atoms with Crippen molar-refractivity contribution < 1.29 is 22.7 Å². The van der Waals surface area contributed by atoms with Crippen molar-refractivity contribution in [2.75, 3.05) is 12.4 Å². The lowest BCUT2D eigenvalue weighted by Crippen LogP contribution is -2.10. The number of alkyl halides is 3. The molecular formula is C20H16F3N3O2. The predicted octanol–water partition coefficient (Wildman–Crippen LogP) is 4.35. The fraction of sp³-hybridized carbons (Fsp3) is 0.150. The number of hydrogen-bond donors (Lipinski definition) is 1. The smallest absolute Gasteiger partial charge is 0.416 e. The molecule has 0 aliphatic rings. The fourth-order valence-electron chi connectivity index (χ4n) is 2.47. The van der Waals surface area contributed by atoms with Crippen LogP contribution >= 0.6 is 0 Å². The first-order valence-electron chi connectivity index (χ1n) is 8.29. The summed E-state index contributed by atoms with van der Waals surface area (Å²) in [6, 6.07) is 14.6. The van der Waals surface area contributed by atoms with Crippen LogP contribution in [0.3, 0.4) is 0 Å². The summed E-state index contributed by atoms with van der Waals surface area (Å²) in [6.07, 6.45) is -4.52. The molecule has 8 heteroatoms. The van der Waals surface area contributed by atoms with E-state index in [1.807, 2.05) is 24.3 Å². The average Bonchev–Trinajstić information content (AvgIpc) is 2.72. The molecule has 0 aliphatic carbocycles. The summed E-state index contributed by atoms with van der Waals surface area (Å²) in [4.78, 5) is 12.4. The number of halogens is 3. The monoisotopic (exact) mass is 387 g/mol. The summed E-state index contributed by atoms with van der Waals surface area (Å²) in [6.45, 7) is 0.486. The number of nitrogens with zero attached hydrogens (tertiary/aromatic N) is 2. The van der Waals surface area contributed by atoms with Gasteiger partial charge >= 0.3 is 6.18 Å². The SMILES string of the molecule is COc1ccc(CNc2ccc(C(=O)c3cccc(C(F)(F)F)c3)nn2)cc1. The molecule has 5 nitrogen and oxygen atoms in total.